The van der Waals surface area contributed by atoms with Gasteiger partial charge in [0.15, 0.2) is 0 Å². The SMILES string of the molecule is COC(=O)CC[C@@H](NC(=O)c1c[nH]c(=O)[nH]1)C(=O)O. The lowest BCUT2D eigenvalue weighted by Gasteiger charge is -2.12. The van der Waals surface area contributed by atoms with Crippen LogP contribution in [0.1, 0.15) is 23.3 Å². The highest BCUT2D eigenvalue weighted by atomic mass is 16.5. The zero-order valence-corrected chi connectivity index (χ0v) is 10.1. The fourth-order valence-corrected chi connectivity index (χ4v) is 1.31. The van der Waals surface area contributed by atoms with Gasteiger partial charge in [-0.05, 0) is 6.42 Å². The van der Waals surface area contributed by atoms with Crippen molar-refractivity contribution in [2.45, 2.75) is 18.9 Å². The maximum absolute atomic E-state index is 11.6. The van der Waals surface area contributed by atoms with E-state index in [4.69, 9.17) is 5.11 Å². The van der Waals surface area contributed by atoms with Crippen LogP contribution in [-0.2, 0) is 14.3 Å². The van der Waals surface area contributed by atoms with Gasteiger partial charge in [0, 0.05) is 12.6 Å². The Labute approximate surface area is 107 Å². The van der Waals surface area contributed by atoms with Crippen LogP contribution in [0.4, 0.5) is 0 Å². The molecule has 1 rings (SSSR count). The average molecular weight is 271 g/mol. The predicted octanol–water partition coefficient (Wildman–Crippen LogP) is -1.16. The van der Waals surface area contributed by atoms with E-state index in [1.165, 1.54) is 7.11 Å². The maximum Gasteiger partial charge on any atom is 0.326 e. The van der Waals surface area contributed by atoms with Gasteiger partial charge in [0.25, 0.3) is 5.91 Å². The molecule has 0 bridgehead atoms. The number of nitrogens with one attached hydrogen (secondary N) is 3. The molecule has 0 unspecified atom stereocenters. The number of imidazole rings is 1. The van der Waals surface area contributed by atoms with Gasteiger partial charge in [0.2, 0.25) is 0 Å². The van der Waals surface area contributed by atoms with Crippen molar-refractivity contribution < 1.29 is 24.2 Å². The van der Waals surface area contributed by atoms with Crippen LogP contribution in [0, 0.1) is 0 Å². The van der Waals surface area contributed by atoms with Crippen molar-refractivity contribution >= 4 is 17.8 Å². The Morgan fingerprint density at radius 2 is 2.16 bits per heavy atom. The number of aromatic amines is 2. The normalized spacial score (nSPS) is 11.6. The van der Waals surface area contributed by atoms with Gasteiger partial charge in [0.1, 0.15) is 11.7 Å². The van der Waals surface area contributed by atoms with Gasteiger partial charge in [-0.1, -0.05) is 0 Å². The largest absolute Gasteiger partial charge is 0.480 e. The van der Waals surface area contributed by atoms with E-state index in [2.05, 4.69) is 20.0 Å². The molecule has 1 aromatic heterocycles. The van der Waals surface area contributed by atoms with Crippen LogP contribution in [0.15, 0.2) is 11.0 Å². The Morgan fingerprint density at radius 3 is 2.63 bits per heavy atom. The van der Waals surface area contributed by atoms with Crippen LogP contribution in [0.5, 0.6) is 0 Å². The van der Waals surface area contributed by atoms with Gasteiger partial charge in [0.05, 0.1) is 7.11 Å². The van der Waals surface area contributed by atoms with Gasteiger partial charge >= 0.3 is 17.6 Å². The number of amides is 1. The number of carbonyl (C=O) groups is 3. The van der Waals surface area contributed by atoms with Gasteiger partial charge in [-0.3, -0.25) is 9.59 Å². The van der Waals surface area contributed by atoms with Crippen LogP contribution in [0.2, 0.25) is 0 Å². The number of hydrogen-bond donors (Lipinski definition) is 4. The van der Waals surface area contributed by atoms with E-state index >= 15 is 0 Å². The zero-order chi connectivity index (χ0) is 14.4. The minimum Gasteiger partial charge on any atom is -0.480 e. The highest BCUT2D eigenvalue weighted by molar-refractivity contribution is 5.94. The Balaban J connectivity index is 2.63. The Bertz CT molecular complexity index is 531. The molecular formula is C10H13N3O6. The Hall–Kier alpha value is -2.58. The summed E-state index contributed by atoms with van der Waals surface area (Å²) in [4.78, 5) is 48.7. The van der Waals surface area contributed by atoms with Crippen molar-refractivity contribution in [3.63, 3.8) is 0 Å². The number of H-pyrrole nitrogens is 2. The second-order valence-electron chi connectivity index (χ2n) is 3.64. The molecule has 1 heterocycles. The molecule has 0 radical (unpaired) electrons. The molecular weight excluding hydrogens is 258 g/mol. The zero-order valence-electron chi connectivity index (χ0n) is 10.1. The van der Waals surface area contributed by atoms with Crippen LogP contribution < -0.4 is 11.0 Å². The number of ether oxygens (including phenoxy) is 1. The monoisotopic (exact) mass is 271 g/mol. The molecule has 0 saturated carbocycles. The molecule has 0 saturated heterocycles. The Kier molecular flexibility index (Phi) is 4.86. The quantitative estimate of drug-likeness (QED) is 0.481. The minimum absolute atomic E-state index is 0.0886. The summed E-state index contributed by atoms with van der Waals surface area (Å²) >= 11 is 0. The van der Waals surface area contributed by atoms with E-state index in [1.54, 1.807) is 0 Å². The van der Waals surface area contributed by atoms with Gasteiger partial charge in [-0.15, -0.1) is 0 Å². The van der Waals surface area contributed by atoms with Crippen LogP contribution in [0.3, 0.4) is 0 Å². The van der Waals surface area contributed by atoms with Crippen molar-refractivity contribution in [3.8, 4) is 0 Å². The van der Waals surface area contributed by atoms with E-state index in [9.17, 15) is 19.2 Å². The molecule has 4 N–H and O–H groups in total. The maximum atomic E-state index is 11.6. The third-order valence-corrected chi connectivity index (χ3v) is 2.31. The molecule has 19 heavy (non-hydrogen) atoms. The summed E-state index contributed by atoms with van der Waals surface area (Å²) in [6.07, 6.45) is 0.872. The summed E-state index contributed by atoms with van der Waals surface area (Å²) in [6, 6.07) is -1.25. The standard InChI is InChI=1S/C10H13N3O6/c1-19-7(14)3-2-5(9(16)17)12-8(15)6-4-11-10(18)13-6/h4-5H,2-3H2,1H3,(H,12,15)(H,16,17)(H2,11,13,18)/t5-/m1/s1. The molecule has 0 aromatic carbocycles. The van der Waals surface area contributed by atoms with E-state index in [0.717, 1.165) is 6.20 Å². The van der Waals surface area contributed by atoms with E-state index in [1.807, 2.05) is 0 Å². The first-order valence-corrected chi connectivity index (χ1v) is 5.32. The number of hydrogen-bond acceptors (Lipinski definition) is 5. The van der Waals surface area contributed by atoms with Gasteiger partial charge in [-0.25, -0.2) is 9.59 Å². The Morgan fingerprint density at radius 1 is 1.47 bits per heavy atom. The van der Waals surface area contributed by atoms with Crippen molar-refractivity contribution in [2.24, 2.45) is 0 Å². The fourth-order valence-electron chi connectivity index (χ4n) is 1.31. The average Bonchev–Trinajstić information content (AvgIpc) is 2.80. The topological polar surface area (TPSA) is 141 Å². The molecule has 104 valence electrons. The molecule has 9 heteroatoms. The summed E-state index contributed by atoms with van der Waals surface area (Å²) in [5, 5.41) is 11.1. The molecule has 1 amide bonds. The van der Waals surface area contributed by atoms with Crippen LogP contribution in [0.25, 0.3) is 0 Å². The smallest absolute Gasteiger partial charge is 0.326 e. The molecule has 0 aliphatic heterocycles. The van der Waals surface area contributed by atoms with Gasteiger partial charge in [-0.2, -0.15) is 0 Å². The third kappa shape index (κ3) is 4.30. The highest BCUT2D eigenvalue weighted by Crippen LogP contribution is 2.01. The summed E-state index contributed by atoms with van der Waals surface area (Å²) < 4.78 is 4.38. The highest BCUT2D eigenvalue weighted by Gasteiger charge is 2.22. The molecule has 1 aromatic rings. The number of carbonyl (C=O) groups excluding carboxylic acids is 2. The molecule has 0 aliphatic carbocycles. The van der Waals surface area contributed by atoms with Crippen LogP contribution >= 0.6 is 0 Å². The second kappa shape index (κ2) is 6.38. The van der Waals surface area contributed by atoms with Gasteiger partial charge < -0.3 is 25.1 Å². The van der Waals surface area contributed by atoms with E-state index in [-0.39, 0.29) is 18.5 Å². The number of aromatic nitrogens is 2. The number of aliphatic carboxylic acids is 1. The lowest BCUT2D eigenvalue weighted by molar-refractivity contribution is -0.142. The molecule has 1 atom stereocenters. The van der Waals surface area contributed by atoms with Crippen molar-refractivity contribution in [3.05, 3.63) is 22.4 Å². The first-order chi connectivity index (χ1) is 8.93. The number of esters is 1. The molecule has 0 spiro atoms. The minimum atomic E-state index is -1.28. The molecule has 0 fully saturated rings. The van der Waals surface area contributed by atoms with E-state index in [0.29, 0.717) is 0 Å². The lowest BCUT2D eigenvalue weighted by atomic mass is 10.1. The third-order valence-electron chi connectivity index (χ3n) is 2.31. The van der Waals surface area contributed by atoms with Crippen LogP contribution in [-0.4, -0.2) is 46.1 Å². The summed E-state index contributed by atoms with van der Waals surface area (Å²) in [5.41, 5.74) is -0.666. The summed E-state index contributed by atoms with van der Waals surface area (Å²) in [6.45, 7) is 0. The first kappa shape index (κ1) is 14.5. The lowest BCUT2D eigenvalue weighted by Crippen LogP contribution is -2.41. The second-order valence-corrected chi connectivity index (χ2v) is 3.64. The van der Waals surface area contributed by atoms with Crippen molar-refractivity contribution in [1.82, 2.24) is 15.3 Å². The van der Waals surface area contributed by atoms with Crippen molar-refractivity contribution in [1.29, 1.82) is 0 Å². The number of methoxy groups -OCH3 is 1. The number of carboxylic acids is 1. The first-order valence-electron chi connectivity index (χ1n) is 5.32. The number of carboxylic acid groups (broad SMARTS) is 1. The van der Waals surface area contributed by atoms with E-state index < -0.39 is 29.6 Å². The fraction of sp³-hybridized carbons (Fsp3) is 0.400. The number of rotatable bonds is 6. The molecule has 0 aliphatic rings. The summed E-state index contributed by atoms with van der Waals surface area (Å²) in [7, 11) is 1.18. The van der Waals surface area contributed by atoms with Crippen molar-refractivity contribution in [2.75, 3.05) is 7.11 Å². The predicted molar refractivity (Wildman–Crippen MR) is 61.6 cm³/mol. The summed E-state index contributed by atoms with van der Waals surface area (Å²) in [5.74, 6) is -2.61. The molecule has 9 nitrogen and oxygen atoms in total.